The maximum atomic E-state index is 12.2. The maximum Gasteiger partial charge on any atom is 0.266 e. The second-order valence-corrected chi connectivity index (χ2v) is 6.26. The summed E-state index contributed by atoms with van der Waals surface area (Å²) in [6.07, 6.45) is -0.897. The van der Waals surface area contributed by atoms with Crippen LogP contribution in [0.1, 0.15) is 17.5 Å². The van der Waals surface area contributed by atoms with Gasteiger partial charge in [0.1, 0.15) is 5.75 Å². The van der Waals surface area contributed by atoms with Crippen LogP contribution >= 0.6 is 0 Å². The van der Waals surface area contributed by atoms with Gasteiger partial charge >= 0.3 is 0 Å². The van der Waals surface area contributed by atoms with Crippen molar-refractivity contribution in [3.05, 3.63) is 47.5 Å². The summed E-state index contributed by atoms with van der Waals surface area (Å²) < 4.78 is 16.2. The minimum absolute atomic E-state index is 0.0519. The number of aryl methyl sites for hydroxylation is 1. The first kappa shape index (κ1) is 16.3. The zero-order chi connectivity index (χ0) is 18.1. The molecule has 26 heavy (non-hydrogen) atoms. The Morgan fingerprint density at radius 2 is 1.96 bits per heavy atom. The van der Waals surface area contributed by atoms with Gasteiger partial charge in [0.15, 0.2) is 17.6 Å². The van der Waals surface area contributed by atoms with Crippen molar-refractivity contribution in [3.63, 3.8) is 0 Å². The smallest absolute Gasteiger partial charge is 0.266 e. The number of fused-ring (bicyclic) bond motifs is 2. The Hall–Kier alpha value is -3.22. The number of carbonyl (C=O) groups is 2. The van der Waals surface area contributed by atoms with Gasteiger partial charge in [-0.25, -0.2) is 0 Å². The molecule has 0 bridgehead atoms. The van der Waals surface area contributed by atoms with Gasteiger partial charge in [-0.2, -0.15) is 0 Å². The van der Waals surface area contributed by atoms with Gasteiger partial charge in [0, 0.05) is 6.54 Å². The molecular weight excluding hydrogens is 336 g/mol. The van der Waals surface area contributed by atoms with E-state index in [1.54, 1.807) is 12.1 Å². The molecule has 2 aromatic carbocycles. The van der Waals surface area contributed by atoms with Crippen LogP contribution in [0.3, 0.4) is 0 Å². The van der Waals surface area contributed by atoms with E-state index in [0.717, 1.165) is 11.1 Å². The molecule has 2 aliphatic heterocycles. The summed E-state index contributed by atoms with van der Waals surface area (Å²) in [6, 6.07) is 11.0. The number of hydrogen-bond acceptors (Lipinski definition) is 5. The van der Waals surface area contributed by atoms with Crippen molar-refractivity contribution in [2.24, 2.45) is 0 Å². The topological polar surface area (TPSA) is 85.9 Å². The maximum absolute atomic E-state index is 12.2. The van der Waals surface area contributed by atoms with Crippen LogP contribution in [0.5, 0.6) is 17.2 Å². The number of anilines is 1. The van der Waals surface area contributed by atoms with Crippen LogP contribution in [0.4, 0.5) is 5.69 Å². The van der Waals surface area contributed by atoms with Gasteiger partial charge in [-0.15, -0.1) is 0 Å². The quantitative estimate of drug-likeness (QED) is 0.878. The van der Waals surface area contributed by atoms with E-state index in [4.69, 9.17) is 14.2 Å². The third-order valence-corrected chi connectivity index (χ3v) is 4.25. The van der Waals surface area contributed by atoms with Crippen molar-refractivity contribution in [2.45, 2.75) is 26.0 Å². The van der Waals surface area contributed by atoms with Crippen molar-refractivity contribution in [1.29, 1.82) is 0 Å². The molecule has 2 heterocycles. The van der Waals surface area contributed by atoms with E-state index in [1.165, 1.54) is 0 Å². The number of nitrogens with one attached hydrogen (secondary N) is 2. The highest BCUT2D eigenvalue weighted by Gasteiger charge is 2.29. The lowest BCUT2D eigenvalue weighted by atomic mass is 10.1. The Morgan fingerprint density at radius 1 is 1.15 bits per heavy atom. The lowest BCUT2D eigenvalue weighted by Gasteiger charge is -2.25. The summed E-state index contributed by atoms with van der Waals surface area (Å²) in [5.41, 5.74) is 2.54. The molecule has 0 unspecified atom stereocenters. The molecule has 7 heteroatoms. The van der Waals surface area contributed by atoms with E-state index in [1.807, 2.05) is 31.2 Å². The summed E-state index contributed by atoms with van der Waals surface area (Å²) in [5, 5.41) is 5.58. The molecule has 0 aliphatic carbocycles. The Labute approximate surface area is 150 Å². The molecule has 0 spiro atoms. The second kappa shape index (κ2) is 6.59. The van der Waals surface area contributed by atoms with E-state index in [9.17, 15) is 9.59 Å². The van der Waals surface area contributed by atoms with Crippen molar-refractivity contribution >= 4 is 17.5 Å². The predicted octanol–water partition coefficient (Wildman–Crippen LogP) is 2.13. The van der Waals surface area contributed by atoms with Crippen LogP contribution in [0.25, 0.3) is 0 Å². The van der Waals surface area contributed by atoms with Gasteiger partial charge in [-0.1, -0.05) is 12.1 Å². The van der Waals surface area contributed by atoms with Crippen LogP contribution in [-0.4, -0.2) is 24.7 Å². The molecule has 0 aromatic heterocycles. The minimum atomic E-state index is -0.845. The van der Waals surface area contributed by atoms with Crippen molar-refractivity contribution in [3.8, 4) is 17.2 Å². The molecule has 2 N–H and O–H groups in total. The Morgan fingerprint density at radius 3 is 2.85 bits per heavy atom. The van der Waals surface area contributed by atoms with E-state index in [-0.39, 0.29) is 25.0 Å². The fraction of sp³-hybridized carbons (Fsp3) is 0.263. The van der Waals surface area contributed by atoms with Gasteiger partial charge in [0.2, 0.25) is 12.7 Å². The first-order valence-electron chi connectivity index (χ1n) is 8.32. The average molecular weight is 354 g/mol. The second-order valence-electron chi connectivity index (χ2n) is 6.26. The third kappa shape index (κ3) is 3.28. The Balaban J connectivity index is 1.35. The predicted molar refractivity (Wildman–Crippen MR) is 93.3 cm³/mol. The van der Waals surface area contributed by atoms with Gasteiger partial charge < -0.3 is 24.8 Å². The summed E-state index contributed by atoms with van der Waals surface area (Å²) in [5.74, 6) is 1.35. The molecule has 2 amide bonds. The van der Waals surface area contributed by atoms with E-state index < -0.39 is 6.10 Å². The number of rotatable bonds is 4. The number of ether oxygens (including phenoxy) is 3. The molecule has 2 aromatic rings. The van der Waals surface area contributed by atoms with E-state index in [0.29, 0.717) is 29.5 Å². The SMILES string of the molecule is Cc1ccc2c(c1)NC(=O)[C@H](CC(=O)NCc1ccc3c(c1)OCO3)O2. The Bertz CT molecular complexity index is 880. The first-order chi connectivity index (χ1) is 12.6. The Kier molecular flexibility index (Phi) is 4.12. The highest BCUT2D eigenvalue weighted by Crippen LogP contribution is 2.33. The first-order valence-corrected chi connectivity index (χ1v) is 8.32. The summed E-state index contributed by atoms with van der Waals surface area (Å²) >= 11 is 0. The highest BCUT2D eigenvalue weighted by molar-refractivity contribution is 6.00. The summed E-state index contributed by atoms with van der Waals surface area (Å²) in [6.45, 7) is 2.47. The van der Waals surface area contributed by atoms with E-state index in [2.05, 4.69) is 10.6 Å². The lowest BCUT2D eigenvalue weighted by molar-refractivity contribution is -0.130. The molecule has 7 nitrogen and oxygen atoms in total. The van der Waals surface area contributed by atoms with Crippen LogP contribution < -0.4 is 24.8 Å². The minimum Gasteiger partial charge on any atom is -0.478 e. The molecule has 0 saturated carbocycles. The van der Waals surface area contributed by atoms with Gasteiger partial charge in [0.25, 0.3) is 5.91 Å². The van der Waals surface area contributed by atoms with Crippen molar-refractivity contribution < 1.29 is 23.8 Å². The average Bonchev–Trinajstić information content (AvgIpc) is 3.08. The molecule has 4 rings (SSSR count). The van der Waals surface area contributed by atoms with Crippen LogP contribution in [0.2, 0.25) is 0 Å². The monoisotopic (exact) mass is 354 g/mol. The number of carbonyl (C=O) groups excluding carboxylic acids is 2. The van der Waals surface area contributed by atoms with Crippen LogP contribution in [0, 0.1) is 6.92 Å². The highest BCUT2D eigenvalue weighted by atomic mass is 16.7. The molecule has 0 saturated heterocycles. The van der Waals surface area contributed by atoms with Crippen molar-refractivity contribution in [2.75, 3.05) is 12.1 Å². The van der Waals surface area contributed by atoms with Crippen molar-refractivity contribution in [1.82, 2.24) is 5.32 Å². The summed E-state index contributed by atoms with van der Waals surface area (Å²) in [4.78, 5) is 24.4. The van der Waals surface area contributed by atoms with Crippen LogP contribution in [-0.2, 0) is 16.1 Å². The normalized spacial score (nSPS) is 17.1. The zero-order valence-corrected chi connectivity index (χ0v) is 14.2. The zero-order valence-electron chi connectivity index (χ0n) is 14.2. The largest absolute Gasteiger partial charge is 0.478 e. The lowest BCUT2D eigenvalue weighted by Crippen LogP contribution is -2.40. The summed E-state index contributed by atoms with van der Waals surface area (Å²) in [7, 11) is 0. The number of benzene rings is 2. The number of hydrogen-bond donors (Lipinski definition) is 2. The molecule has 0 radical (unpaired) electrons. The fourth-order valence-corrected chi connectivity index (χ4v) is 2.89. The molecule has 2 aliphatic rings. The molecule has 1 atom stereocenters. The van der Waals surface area contributed by atoms with Crippen LogP contribution in [0.15, 0.2) is 36.4 Å². The van der Waals surface area contributed by atoms with Gasteiger partial charge in [-0.3, -0.25) is 9.59 Å². The van der Waals surface area contributed by atoms with Gasteiger partial charge in [-0.05, 0) is 42.3 Å². The molecular formula is C19H18N2O5. The standard InChI is InChI=1S/C19H18N2O5/c1-11-2-4-14-13(6-11)21-19(23)17(26-14)8-18(22)20-9-12-3-5-15-16(7-12)25-10-24-15/h2-7,17H,8-10H2,1H3,(H,20,22)(H,21,23)/t17-/m0/s1. The van der Waals surface area contributed by atoms with Gasteiger partial charge in [0.05, 0.1) is 12.1 Å². The van der Waals surface area contributed by atoms with E-state index >= 15 is 0 Å². The third-order valence-electron chi connectivity index (χ3n) is 4.25. The number of amides is 2. The fourth-order valence-electron chi connectivity index (χ4n) is 2.89. The molecule has 134 valence electrons. The molecule has 0 fully saturated rings.